The average Bonchev–Trinajstić information content (AvgIpc) is 3.54. The third-order valence-corrected chi connectivity index (χ3v) is 13.3. The topological polar surface area (TPSA) is 253 Å². The van der Waals surface area contributed by atoms with Crippen LogP contribution >= 0.6 is 0 Å². The van der Waals surface area contributed by atoms with E-state index in [1.165, 1.54) is 59.3 Å². The van der Waals surface area contributed by atoms with E-state index in [0.717, 1.165) is 0 Å². The lowest BCUT2D eigenvalue weighted by Crippen LogP contribution is -2.46. The van der Waals surface area contributed by atoms with E-state index in [4.69, 9.17) is 34.1 Å². The van der Waals surface area contributed by atoms with Gasteiger partial charge in [-0.05, 0) is 32.8 Å². The van der Waals surface area contributed by atoms with Gasteiger partial charge in [0.15, 0.2) is 22.4 Å². The molecule has 3 aliphatic rings. The molecule has 3 aromatic carbocycles. The Hall–Kier alpha value is -6.01. The molecule has 0 saturated carbocycles. The maximum absolute atomic E-state index is 14.8. The minimum atomic E-state index is -1.98. The standard InChI is InChI=1S/C48H58N4O13/c1-21-11-10-12-22(2)47(60)51-38-42(58)34-33(37-45(38)64-32-20-29(19-30(54)36(32)50-37)52-16-13-28(49)14-17-52)35-44(26(6)41(34)57)65-48(8,46(35)59)62-18-15-31(61-9)23(3)43(63-27(7)53)25(5)40(56)24(4)39(21)55/h10-12,15,18-21,23-25,28,31,39-40,43,55-57,59H,13-14,16-17,49H2,1-9H3,(H,51,60)/b11-10-,18-15-,22-12-/t21-,23+,24+,25+,31-,39-,40+,43+,48-/m0/s1. The number of hydrogen-bond donors (Lipinski definition) is 6. The maximum Gasteiger partial charge on any atom is 0.307 e. The molecule has 1 fully saturated rings. The van der Waals surface area contributed by atoms with E-state index < -0.39 is 88.1 Å². The van der Waals surface area contributed by atoms with E-state index in [9.17, 15) is 39.6 Å². The number of piperidine rings is 1. The van der Waals surface area contributed by atoms with Crippen LogP contribution in [0.25, 0.3) is 38.7 Å². The van der Waals surface area contributed by atoms with Crippen molar-refractivity contribution < 1.29 is 53.4 Å². The Balaban J connectivity index is 1.48. The minimum Gasteiger partial charge on any atom is -0.507 e. The summed E-state index contributed by atoms with van der Waals surface area (Å²) in [5.41, 5.74) is 4.63. The van der Waals surface area contributed by atoms with Gasteiger partial charge in [-0.15, -0.1) is 0 Å². The largest absolute Gasteiger partial charge is 0.507 e. The number of phenols is 1. The molecule has 0 aliphatic carbocycles. The summed E-state index contributed by atoms with van der Waals surface area (Å²) >= 11 is 0. The van der Waals surface area contributed by atoms with E-state index >= 15 is 0 Å². The first-order valence-electron chi connectivity index (χ1n) is 21.8. The number of phenolic OH excluding ortho intramolecular Hbond substituents is 1. The van der Waals surface area contributed by atoms with Crippen LogP contribution in [0.15, 0.2) is 62.3 Å². The molecule has 4 bridgehead atoms. The number of amides is 1. The molecule has 1 aromatic heterocycles. The number of fused-ring (bicyclic) bond motifs is 2. The Morgan fingerprint density at radius 3 is 2.32 bits per heavy atom. The van der Waals surface area contributed by atoms with Crippen molar-refractivity contribution in [3.8, 4) is 11.5 Å². The molecule has 17 nitrogen and oxygen atoms in total. The lowest BCUT2D eigenvalue weighted by molar-refractivity contribution is -0.160. The first kappa shape index (κ1) is 47.0. The van der Waals surface area contributed by atoms with Gasteiger partial charge in [0.05, 0.1) is 35.2 Å². The van der Waals surface area contributed by atoms with Crippen LogP contribution in [0.2, 0.25) is 0 Å². The molecule has 4 heterocycles. The van der Waals surface area contributed by atoms with Crippen LogP contribution < -0.4 is 36.8 Å². The lowest BCUT2D eigenvalue weighted by Gasteiger charge is -2.38. The molecular formula is C48H58N4O13. The number of methoxy groups -OCH3 is 1. The summed E-state index contributed by atoms with van der Waals surface area (Å²) in [4.78, 5) is 61.9. The molecule has 0 spiro atoms. The predicted octanol–water partition coefficient (Wildman–Crippen LogP) is 4.49. The van der Waals surface area contributed by atoms with Gasteiger partial charge in [-0.3, -0.25) is 19.2 Å². The zero-order chi connectivity index (χ0) is 47.4. The number of aliphatic hydroxyl groups is 3. The lowest BCUT2D eigenvalue weighted by atomic mass is 9.78. The molecule has 3 aliphatic heterocycles. The smallest absolute Gasteiger partial charge is 0.307 e. The van der Waals surface area contributed by atoms with Gasteiger partial charge in [-0.25, -0.2) is 4.98 Å². The average molecular weight is 899 g/mol. The van der Waals surface area contributed by atoms with E-state index in [2.05, 4.69) is 5.32 Å². The number of carbonyl (C=O) groups is 2. The molecule has 65 heavy (non-hydrogen) atoms. The monoisotopic (exact) mass is 898 g/mol. The number of esters is 1. The summed E-state index contributed by atoms with van der Waals surface area (Å²) in [5, 5.41) is 49.1. The van der Waals surface area contributed by atoms with Gasteiger partial charge in [-0.1, -0.05) is 45.9 Å². The van der Waals surface area contributed by atoms with E-state index in [1.54, 1.807) is 45.9 Å². The minimum absolute atomic E-state index is 0.0161. The molecular weight excluding hydrogens is 841 g/mol. The van der Waals surface area contributed by atoms with Gasteiger partial charge < -0.3 is 59.7 Å². The number of rotatable bonds is 3. The van der Waals surface area contributed by atoms with Crippen molar-refractivity contribution in [1.29, 1.82) is 0 Å². The van der Waals surface area contributed by atoms with Crippen molar-refractivity contribution in [3.05, 3.63) is 79.5 Å². The number of anilines is 2. The maximum atomic E-state index is 14.8. The zero-order valence-electron chi connectivity index (χ0n) is 38.0. The summed E-state index contributed by atoms with van der Waals surface area (Å²) in [6.45, 7) is 13.8. The van der Waals surface area contributed by atoms with Crippen LogP contribution in [0.4, 0.5) is 11.4 Å². The second kappa shape index (κ2) is 18.1. The van der Waals surface area contributed by atoms with E-state index in [1.807, 2.05) is 4.90 Å². The number of allylic oxidation sites excluding steroid dienone is 2. The number of nitrogens with zero attached hydrogens (tertiary/aromatic N) is 2. The van der Waals surface area contributed by atoms with Gasteiger partial charge in [0.2, 0.25) is 10.9 Å². The molecule has 4 aromatic rings. The summed E-state index contributed by atoms with van der Waals surface area (Å²) in [5.74, 6) is -6.97. The fourth-order valence-electron chi connectivity index (χ4n) is 9.22. The Morgan fingerprint density at radius 2 is 1.66 bits per heavy atom. The van der Waals surface area contributed by atoms with Crippen molar-refractivity contribution in [2.24, 2.45) is 29.4 Å². The Labute approximate surface area is 374 Å². The SMILES string of the molecule is CO[C@H]1/C=C\O[C@@]2(C)Oc3c(C)c(O)c4c(=O)c(c5oc6cc(N7CCC(N)CC7)cc(=O)c6nc5c4c3=C2O)NC(=O)/C(C)=C\C=C/[C@H](C)[C@H](O)[C@@H](C)[C@@H](O)[C@@H](C)[C@H](OC(C)=O)[C@@H]1C. The zero-order valence-corrected chi connectivity index (χ0v) is 38.0. The summed E-state index contributed by atoms with van der Waals surface area (Å²) in [7, 11) is 1.44. The van der Waals surface area contributed by atoms with Crippen LogP contribution in [0, 0.1) is 30.6 Å². The number of ether oxygens (including phenoxy) is 4. The molecule has 7 rings (SSSR count). The molecule has 1 amide bonds. The molecule has 7 N–H and O–H groups in total. The fraction of sp³-hybridized carbons (Fsp3) is 0.479. The van der Waals surface area contributed by atoms with Crippen molar-refractivity contribution in [2.75, 3.05) is 30.4 Å². The van der Waals surface area contributed by atoms with Gasteiger partial charge in [0.25, 0.3) is 5.91 Å². The van der Waals surface area contributed by atoms with Crippen molar-refractivity contribution >= 4 is 62.0 Å². The van der Waals surface area contributed by atoms with Gasteiger partial charge >= 0.3 is 11.8 Å². The van der Waals surface area contributed by atoms with Crippen LogP contribution in [-0.2, 0) is 23.8 Å². The van der Waals surface area contributed by atoms with Gasteiger partial charge in [-0.2, -0.15) is 0 Å². The number of hydrogen-bond acceptors (Lipinski definition) is 16. The number of nitrogens with two attached hydrogens (primary N) is 1. The number of aromatic nitrogens is 1. The first-order valence-corrected chi connectivity index (χ1v) is 21.8. The predicted molar refractivity (Wildman–Crippen MR) is 244 cm³/mol. The fourth-order valence-corrected chi connectivity index (χ4v) is 9.22. The van der Waals surface area contributed by atoms with Gasteiger partial charge in [0, 0.05) is 98.1 Å². The third kappa shape index (κ3) is 8.53. The quantitative estimate of drug-likeness (QED) is 0.0941. The molecule has 1 saturated heterocycles. The molecule has 0 unspecified atom stereocenters. The van der Waals surface area contributed by atoms with Gasteiger partial charge in [0.1, 0.15) is 28.8 Å². The molecule has 9 atom stereocenters. The first-order chi connectivity index (χ1) is 30.7. The number of aromatic hydroxyl groups is 1. The summed E-state index contributed by atoms with van der Waals surface area (Å²) in [6.07, 6.45) is 4.94. The normalized spacial score (nSPS) is 30.2. The number of aliphatic hydroxyl groups excluding tert-OH is 3. The number of benzene rings is 3. The summed E-state index contributed by atoms with van der Waals surface area (Å²) < 4.78 is 30.4. The second-order valence-corrected chi connectivity index (χ2v) is 17.9. The summed E-state index contributed by atoms with van der Waals surface area (Å²) in [6, 6.07) is 3.10. The molecule has 348 valence electrons. The van der Waals surface area contributed by atoms with E-state index in [0.29, 0.717) is 31.6 Å². The highest BCUT2D eigenvalue weighted by atomic mass is 16.7. The van der Waals surface area contributed by atoms with Crippen molar-refractivity contribution in [3.63, 3.8) is 0 Å². The van der Waals surface area contributed by atoms with Crippen molar-refractivity contribution in [2.45, 2.75) is 104 Å². The Bertz CT molecular complexity index is 2830. The van der Waals surface area contributed by atoms with Crippen LogP contribution in [0.3, 0.4) is 0 Å². The van der Waals surface area contributed by atoms with Crippen LogP contribution in [0.1, 0.15) is 66.9 Å². The third-order valence-electron chi connectivity index (χ3n) is 13.3. The highest BCUT2D eigenvalue weighted by Crippen LogP contribution is 2.42. The highest BCUT2D eigenvalue weighted by molar-refractivity contribution is 6.16. The van der Waals surface area contributed by atoms with E-state index in [-0.39, 0.29) is 66.8 Å². The van der Waals surface area contributed by atoms with Crippen LogP contribution in [-0.4, -0.2) is 93.7 Å². The Kier molecular flexibility index (Phi) is 13.1. The highest BCUT2D eigenvalue weighted by Gasteiger charge is 2.44. The number of nitrogens with one attached hydrogen (secondary N) is 1. The van der Waals surface area contributed by atoms with Crippen molar-refractivity contribution in [1.82, 2.24) is 4.98 Å². The van der Waals surface area contributed by atoms with Crippen LogP contribution in [0.5, 0.6) is 11.5 Å². The molecule has 17 heteroatoms. The Morgan fingerprint density at radius 1 is 0.969 bits per heavy atom. The number of carbonyl (C=O) groups excluding carboxylic acids is 2. The molecule has 0 radical (unpaired) electrons. The second-order valence-electron chi connectivity index (χ2n) is 17.9.